The van der Waals surface area contributed by atoms with Gasteiger partial charge in [0.2, 0.25) is 0 Å². The zero-order valence-corrected chi connectivity index (χ0v) is 17.0. The number of hydrogen-bond acceptors (Lipinski definition) is 7. The van der Waals surface area contributed by atoms with Crippen molar-refractivity contribution in [1.29, 1.82) is 0 Å². The number of carbonyl (C=O) groups excluding carboxylic acids is 1. The van der Waals surface area contributed by atoms with Crippen molar-refractivity contribution in [2.24, 2.45) is 0 Å². The molecule has 9 heteroatoms. The van der Waals surface area contributed by atoms with Crippen LogP contribution in [0.4, 0.5) is 0 Å². The van der Waals surface area contributed by atoms with Gasteiger partial charge in [0.15, 0.2) is 23.0 Å². The van der Waals surface area contributed by atoms with E-state index in [0.29, 0.717) is 41.1 Å². The molecule has 0 radical (unpaired) electrons. The van der Waals surface area contributed by atoms with E-state index in [2.05, 4.69) is 15.5 Å². The fourth-order valence-electron chi connectivity index (χ4n) is 2.96. The Bertz CT molecular complexity index is 1080. The van der Waals surface area contributed by atoms with Crippen LogP contribution in [0.2, 0.25) is 5.02 Å². The van der Waals surface area contributed by atoms with Crippen LogP contribution in [0.5, 0.6) is 11.5 Å². The highest BCUT2D eigenvalue weighted by molar-refractivity contribution is 6.32. The number of nitrogens with zero attached hydrogens (tertiary/aromatic N) is 4. The minimum Gasteiger partial charge on any atom is -0.489 e. The third kappa shape index (κ3) is 4.44. The standard InChI is InChI=1S/C21H19ClN4O4/c1-14-23-24-25-26(14)18(11-15-6-3-2-4-7-15)21(27)30-13-16-10-17(22)20-19(12-16)28-8-5-9-29-20/h2-4,6-7,10-12H,5,8-9,13H2,1H3. The van der Waals surface area contributed by atoms with E-state index in [-0.39, 0.29) is 12.3 Å². The third-order valence-corrected chi connectivity index (χ3v) is 4.68. The molecule has 0 bridgehead atoms. The van der Waals surface area contributed by atoms with Gasteiger partial charge >= 0.3 is 5.97 Å². The van der Waals surface area contributed by atoms with Gasteiger partial charge in [-0.3, -0.25) is 0 Å². The Balaban J connectivity index is 1.57. The maximum atomic E-state index is 12.9. The highest BCUT2D eigenvalue weighted by Gasteiger charge is 2.20. The van der Waals surface area contributed by atoms with Crippen molar-refractivity contribution in [3.8, 4) is 11.5 Å². The van der Waals surface area contributed by atoms with Crippen LogP contribution in [-0.4, -0.2) is 39.4 Å². The molecule has 2 aromatic carbocycles. The Hall–Kier alpha value is -3.39. The van der Waals surface area contributed by atoms with E-state index in [4.69, 9.17) is 25.8 Å². The van der Waals surface area contributed by atoms with Crippen LogP contribution in [0, 0.1) is 6.92 Å². The molecule has 30 heavy (non-hydrogen) atoms. The molecular formula is C21H19ClN4O4. The average molecular weight is 427 g/mol. The maximum absolute atomic E-state index is 12.9. The van der Waals surface area contributed by atoms with Crippen LogP contribution in [0.1, 0.15) is 23.4 Å². The van der Waals surface area contributed by atoms with Crippen LogP contribution in [-0.2, 0) is 16.1 Å². The molecule has 0 amide bonds. The first-order chi connectivity index (χ1) is 14.6. The van der Waals surface area contributed by atoms with Crippen molar-refractivity contribution in [3.05, 3.63) is 64.4 Å². The quantitative estimate of drug-likeness (QED) is 0.455. The van der Waals surface area contributed by atoms with Crippen molar-refractivity contribution >= 4 is 29.3 Å². The van der Waals surface area contributed by atoms with Crippen molar-refractivity contribution in [3.63, 3.8) is 0 Å². The molecule has 4 rings (SSSR count). The van der Waals surface area contributed by atoms with Gasteiger partial charge < -0.3 is 14.2 Å². The first-order valence-electron chi connectivity index (χ1n) is 9.39. The van der Waals surface area contributed by atoms with Gasteiger partial charge in [-0.25, -0.2) is 4.79 Å². The largest absolute Gasteiger partial charge is 0.489 e. The van der Waals surface area contributed by atoms with Gasteiger partial charge in [-0.05, 0) is 46.7 Å². The second kappa shape index (κ2) is 8.96. The lowest BCUT2D eigenvalue weighted by molar-refractivity contribution is -0.138. The maximum Gasteiger partial charge on any atom is 0.357 e. The van der Waals surface area contributed by atoms with Crippen molar-refractivity contribution in [2.75, 3.05) is 13.2 Å². The molecule has 0 atom stereocenters. The lowest BCUT2D eigenvalue weighted by Gasteiger charge is -2.13. The van der Waals surface area contributed by atoms with Crippen LogP contribution >= 0.6 is 11.6 Å². The van der Waals surface area contributed by atoms with Gasteiger partial charge in [-0.15, -0.1) is 5.10 Å². The first-order valence-corrected chi connectivity index (χ1v) is 9.77. The fraction of sp³-hybridized carbons (Fsp3) is 0.238. The van der Waals surface area contributed by atoms with E-state index >= 15 is 0 Å². The van der Waals surface area contributed by atoms with Crippen LogP contribution in [0.3, 0.4) is 0 Å². The monoisotopic (exact) mass is 426 g/mol. The SMILES string of the molecule is Cc1nnnn1C(=Cc1ccccc1)C(=O)OCc1cc(Cl)c2c(c1)OCCCO2. The predicted octanol–water partition coefficient (Wildman–Crippen LogP) is 3.54. The van der Waals surface area contributed by atoms with Gasteiger partial charge in [0.1, 0.15) is 6.61 Å². The summed E-state index contributed by atoms with van der Waals surface area (Å²) in [4.78, 5) is 12.9. The topological polar surface area (TPSA) is 88.4 Å². The van der Waals surface area contributed by atoms with E-state index in [1.54, 1.807) is 25.1 Å². The van der Waals surface area contributed by atoms with Gasteiger partial charge in [-0.2, -0.15) is 4.68 Å². The average Bonchev–Trinajstić information content (AvgIpc) is 3.02. The van der Waals surface area contributed by atoms with Crippen molar-refractivity contribution < 1.29 is 19.0 Å². The van der Waals surface area contributed by atoms with Crippen molar-refractivity contribution in [1.82, 2.24) is 20.2 Å². The van der Waals surface area contributed by atoms with E-state index in [1.807, 2.05) is 30.3 Å². The number of esters is 1. The fourth-order valence-corrected chi connectivity index (χ4v) is 3.25. The van der Waals surface area contributed by atoms with Gasteiger partial charge in [0.05, 0.1) is 18.2 Å². The highest BCUT2D eigenvalue weighted by Crippen LogP contribution is 2.38. The Kier molecular flexibility index (Phi) is 5.94. The zero-order valence-electron chi connectivity index (χ0n) is 16.2. The Morgan fingerprint density at radius 1 is 1.23 bits per heavy atom. The Morgan fingerprint density at radius 2 is 2.03 bits per heavy atom. The minimum atomic E-state index is -0.572. The molecule has 8 nitrogen and oxygen atoms in total. The summed E-state index contributed by atoms with van der Waals surface area (Å²) in [6.07, 6.45) is 2.45. The van der Waals surface area contributed by atoms with Crippen LogP contribution in [0.25, 0.3) is 11.8 Å². The number of rotatable bonds is 5. The third-order valence-electron chi connectivity index (χ3n) is 4.40. The molecule has 2 heterocycles. The lowest BCUT2D eigenvalue weighted by atomic mass is 10.2. The smallest absolute Gasteiger partial charge is 0.357 e. The molecule has 0 spiro atoms. The van der Waals surface area contributed by atoms with Gasteiger partial charge in [0.25, 0.3) is 0 Å². The van der Waals surface area contributed by atoms with Gasteiger partial charge in [0, 0.05) is 6.42 Å². The Labute approximate surface area is 178 Å². The zero-order chi connectivity index (χ0) is 20.9. The summed E-state index contributed by atoms with van der Waals surface area (Å²) in [5, 5.41) is 11.8. The molecule has 1 aliphatic rings. The number of hydrogen-bond donors (Lipinski definition) is 0. The highest BCUT2D eigenvalue weighted by atomic mass is 35.5. The number of ether oxygens (including phenoxy) is 3. The normalized spacial score (nSPS) is 13.6. The number of tetrazole rings is 1. The summed E-state index contributed by atoms with van der Waals surface area (Å²) in [7, 11) is 0. The molecule has 0 saturated carbocycles. The number of aryl methyl sites for hydroxylation is 1. The Morgan fingerprint density at radius 3 is 2.80 bits per heavy atom. The molecule has 0 aliphatic carbocycles. The summed E-state index contributed by atoms with van der Waals surface area (Å²) >= 11 is 6.32. The number of halogens is 1. The molecule has 1 aromatic heterocycles. The van der Waals surface area contributed by atoms with Crippen LogP contribution in [0.15, 0.2) is 42.5 Å². The summed E-state index contributed by atoms with van der Waals surface area (Å²) in [5.74, 6) is 0.950. The molecule has 0 N–H and O–H groups in total. The molecular weight excluding hydrogens is 408 g/mol. The minimum absolute atomic E-state index is 0.00248. The van der Waals surface area contributed by atoms with Gasteiger partial charge in [-0.1, -0.05) is 41.9 Å². The van der Waals surface area contributed by atoms with E-state index in [0.717, 1.165) is 12.0 Å². The van der Waals surface area contributed by atoms with E-state index in [9.17, 15) is 4.79 Å². The second-order valence-electron chi connectivity index (χ2n) is 6.61. The summed E-state index contributed by atoms with van der Waals surface area (Å²) in [5.41, 5.74) is 1.70. The van der Waals surface area contributed by atoms with E-state index < -0.39 is 5.97 Å². The summed E-state index contributed by atoms with van der Waals surface area (Å²) in [6.45, 7) is 2.78. The number of carbonyl (C=O) groups is 1. The molecule has 3 aromatic rings. The summed E-state index contributed by atoms with van der Waals surface area (Å²) < 4.78 is 18.2. The second-order valence-corrected chi connectivity index (χ2v) is 7.02. The summed E-state index contributed by atoms with van der Waals surface area (Å²) in [6, 6.07) is 12.9. The number of aromatic nitrogens is 4. The van der Waals surface area contributed by atoms with Crippen LogP contribution < -0.4 is 9.47 Å². The molecule has 1 aliphatic heterocycles. The predicted molar refractivity (Wildman–Crippen MR) is 110 cm³/mol. The molecule has 154 valence electrons. The molecule has 0 fully saturated rings. The molecule has 0 saturated heterocycles. The van der Waals surface area contributed by atoms with Crippen molar-refractivity contribution in [2.45, 2.75) is 20.0 Å². The number of fused-ring (bicyclic) bond motifs is 1. The lowest BCUT2D eigenvalue weighted by Crippen LogP contribution is -2.15. The van der Waals surface area contributed by atoms with E-state index in [1.165, 1.54) is 4.68 Å². The molecule has 0 unspecified atom stereocenters. The first kappa shape index (κ1) is 19.9. The number of benzene rings is 2.